The van der Waals surface area contributed by atoms with Crippen LogP contribution in [-0.4, -0.2) is 45.9 Å². The van der Waals surface area contributed by atoms with Crippen LogP contribution < -0.4 is 5.32 Å². The molecule has 2 aromatic carbocycles. The van der Waals surface area contributed by atoms with Crippen molar-refractivity contribution < 1.29 is 13.2 Å². The highest BCUT2D eigenvalue weighted by Crippen LogP contribution is 2.28. The number of amides is 1. The van der Waals surface area contributed by atoms with Gasteiger partial charge < -0.3 is 10.2 Å². The zero-order valence-corrected chi connectivity index (χ0v) is 16.6. The Morgan fingerprint density at radius 1 is 1.11 bits per heavy atom. The highest BCUT2D eigenvalue weighted by atomic mass is 32.2. The van der Waals surface area contributed by atoms with Gasteiger partial charge in [-0.05, 0) is 43.1 Å². The number of carbonyl (C=O) groups is 1. The fourth-order valence-corrected chi connectivity index (χ4v) is 5.17. The molecule has 0 unspecified atom stereocenters. The molecule has 0 aromatic heterocycles. The van der Waals surface area contributed by atoms with E-state index in [9.17, 15) is 13.2 Å². The minimum Gasteiger partial charge on any atom is -0.351 e. The molecule has 6 heteroatoms. The molecule has 5 nitrogen and oxygen atoms in total. The quantitative estimate of drug-likeness (QED) is 0.829. The van der Waals surface area contributed by atoms with Crippen molar-refractivity contribution in [2.75, 3.05) is 26.7 Å². The summed E-state index contributed by atoms with van der Waals surface area (Å²) in [6, 6.07) is 15.5. The van der Waals surface area contributed by atoms with E-state index in [1.807, 2.05) is 18.2 Å². The molecule has 3 rings (SSSR count). The molecule has 0 saturated carbocycles. The zero-order valence-electron chi connectivity index (χ0n) is 15.8. The summed E-state index contributed by atoms with van der Waals surface area (Å²) in [4.78, 5) is 15.1. The normalized spacial score (nSPS) is 20.5. The Morgan fingerprint density at radius 3 is 2.44 bits per heavy atom. The standard InChI is InChI=1S/C21H26N2O3S/c1-21(12-13-23(2)16-21)15-22-20(24)18-10-6-7-11-19(18)27(25,26)14-17-8-4-3-5-9-17/h3-11H,12-16H2,1-2H3,(H,22,24)/t21-/m1/s1. The summed E-state index contributed by atoms with van der Waals surface area (Å²) in [6.45, 7) is 4.60. The van der Waals surface area contributed by atoms with Crippen LogP contribution in [0.1, 0.15) is 29.3 Å². The van der Waals surface area contributed by atoms with Crippen LogP contribution in [0.5, 0.6) is 0 Å². The van der Waals surface area contributed by atoms with E-state index in [2.05, 4.69) is 24.2 Å². The fourth-order valence-electron chi connectivity index (χ4n) is 3.60. The third kappa shape index (κ3) is 4.76. The maximum absolute atomic E-state index is 12.9. The fraction of sp³-hybridized carbons (Fsp3) is 0.381. The van der Waals surface area contributed by atoms with Gasteiger partial charge in [-0.2, -0.15) is 0 Å². The van der Waals surface area contributed by atoms with Gasteiger partial charge in [0.05, 0.1) is 16.2 Å². The lowest BCUT2D eigenvalue weighted by Gasteiger charge is -2.24. The number of nitrogens with zero attached hydrogens (tertiary/aromatic N) is 1. The van der Waals surface area contributed by atoms with Crippen molar-refractivity contribution in [1.82, 2.24) is 10.2 Å². The molecule has 1 saturated heterocycles. The van der Waals surface area contributed by atoms with Crippen molar-refractivity contribution in [3.63, 3.8) is 0 Å². The largest absolute Gasteiger partial charge is 0.351 e. The Kier molecular flexibility index (Phi) is 5.67. The Bertz CT molecular complexity index is 912. The molecule has 1 fully saturated rings. The Morgan fingerprint density at radius 2 is 1.78 bits per heavy atom. The molecule has 0 aliphatic carbocycles. The van der Waals surface area contributed by atoms with Crippen molar-refractivity contribution in [3.05, 3.63) is 65.7 Å². The summed E-state index contributed by atoms with van der Waals surface area (Å²) in [5.74, 6) is -0.460. The summed E-state index contributed by atoms with van der Waals surface area (Å²) in [7, 11) is -1.55. The van der Waals surface area contributed by atoms with Crippen molar-refractivity contribution in [3.8, 4) is 0 Å². The highest BCUT2D eigenvalue weighted by molar-refractivity contribution is 7.90. The Balaban J connectivity index is 1.78. The number of likely N-dealkylation sites (tertiary alicyclic amines) is 1. The summed E-state index contributed by atoms with van der Waals surface area (Å²) in [5, 5.41) is 2.95. The molecular formula is C21H26N2O3S. The van der Waals surface area contributed by atoms with Gasteiger partial charge in [0.1, 0.15) is 0 Å². The first kappa shape index (κ1) is 19.6. The van der Waals surface area contributed by atoms with Gasteiger partial charge in [0.2, 0.25) is 0 Å². The first-order valence-corrected chi connectivity index (χ1v) is 10.8. The van der Waals surface area contributed by atoms with Gasteiger partial charge in [-0.25, -0.2) is 8.42 Å². The van der Waals surface area contributed by atoms with Gasteiger partial charge in [-0.1, -0.05) is 49.4 Å². The molecule has 0 bridgehead atoms. The number of sulfone groups is 1. The van der Waals surface area contributed by atoms with Gasteiger partial charge in [0, 0.05) is 13.1 Å². The molecule has 1 atom stereocenters. The maximum atomic E-state index is 12.9. The van der Waals surface area contributed by atoms with Crippen LogP contribution in [0.3, 0.4) is 0 Å². The molecule has 1 amide bonds. The molecular weight excluding hydrogens is 360 g/mol. The van der Waals surface area contributed by atoms with Crippen LogP contribution in [0, 0.1) is 5.41 Å². The summed E-state index contributed by atoms with van der Waals surface area (Å²) in [5.41, 5.74) is 0.931. The number of rotatable bonds is 6. The monoisotopic (exact) mass is 386 g/mol. The summed E-state index contributed by atoms with van der Waals surface area (Å²) < 4.78 is 25.8. The molecule has 2 aromatic rings. The molecule has 0 radical (unpaired) electrons. The minimum atomic E-state index is -3.62. The number of carbonyl (C=O) groups excluding carboxylic acids is 1. The van der Waals surface area contributed by atoms with Crippen molar-refractivity contribution in [2.24, 2.45) is 5.41 Å². The van der Waals surface area contributed by atoms with Gasteiger partial charge in [0.25, 0.3) is 5.91 Å². The van der Waals surface area contributed by atoms with Crippen molar-refractivity contribution in [1.29, 1.82) is 0 Å². The lowest BCUT2D eigenvalue weighted by molar-refractivity contribution is 0.0931. The van der Waals surface area contributed by atoms with Crippen LogP contribution in [0.15, 0.2) is 59.5 Å². The predicted octanol–water partition coefficient (Wildman–Crippen LogP) is 2.73. The molecule has 1 N–H and O–H groups in total. The SMILES string of the molecule is CN1CC[C@](C)(CNC(=O)c2ccccc2S(=O)(=O)Cc2ccccc2)C1. The topological polar surface area (TPSA) is 66.5 Å². The van der Waals surface area contributed by atoms with Crippen LogP contribution in [0.2, 0.25) is 0 Å². The molecule has 1 heterocycles. The van der Waals surface area contributed by atoms with E-state index in [0.29, 0.717) is 12.1 Å². The van der Waals surface area contributed by atoms with Crippen molar-refractivity contribution in [2.45, 2.75) is 24.0 Å². The van der Waals surface area contributed by atoms with E-state index in [1.165, 1.54) is 6.07 Å². The third-order valence-corrected chi connectivity index (χ3v) is 6.83. The van der Waals surface area contributed by atoms with E-state index < -0.39 is 9.84 Å². The third-order valence-electron chi connectivity index (χ3n) is 5.09. The first-order chi connectivity index (χ1) is 12.8. The van der Waals surface area contributed by atoms with Crippen LogP contribution >= 0.6 is 0 Å². The Labute approximate surface area is 161 Å². The number of hydrogen-bond acceptors (Lipinski definition) is 4. The minimum absolute atomic E-state index is 0.0161. The summed E-state index contributed by atoms with van der Waals surface area (Å²) in [6.07, 6.45) is 1.01. The number of benzene rings is 2. The molecule has 144 valence electrons. The van der Waals surface area contributed by atoms with E-state index >= 15 is 0 Å². The zero-order chi connectivity index (χ0) is 19.5. The van der Waals surface area contributed by atoms with Crippen LogP contribution in [-0.2, 0) is 15.6 Å². The number of hydrogen-bond donors (Lipinski definition) is 1. The second kappa shape index (κ2) is 7.82. The maximum Gasteiger partial charge on any atom is 0.252 e. The van der Waals surface area contributed by atoms with Gasteiger partial charge in [-0.15, -0.1) is 0 Å². The molecule has 1 aliphatic rings. The van der Waals surface area contributed by atoms with Crippen LogP contribution in [0.4, 0.5) is 0 Å². The average molecular weight is 387 g/mol. The smallest absolute Gasteiger partial charge is 0.252 e. The average Bonchev–Trinajstić information content (AvgIpc) is 2.99. The lowest BCUT2D eigenvalue weighted by Crippen LogP contribution is -2.37. The van der Waals surface area contributed by atoms with Gasteiger partial charge >= 0.3 is 0 Å². The number of nitrogens with one attached hydrogen (secondary N) is 1. The Hall–Kier alpha value is -2.18. The van der Waals surface area contributed by atoms with Gasteiger partial charge in [0.15, 0.2) is 9.84 Å². The molecule has 27 heavy (non-hydrogen) atoms. The predicted molar refractivity (Wildman–Crippen MR) is 106 cm³/mol. The molecule has 0 spiro atoms. The van der Waals surface area contributed by atoms with Crippen molar-refractivity contribution >= 4 is 15.7 Å². The molecule has 1 aliphatic heterocycles. The summed E-state index contributed by atoms with van der Waals surface area (Å²) >= 11 is 0. The van der Waals surface area contributed by atoms with E-state index in [4.69, 9.17) is 0 Å². The van der Waals surface area contributed by atoms with E-state index in [-0.39, 0.29) is 27.5 Å². The second-order valence-electron chi connectivity index (χ2n) is 7.72. The highest BCUT2D eigenvalue weighted by Gasteiger charge is 2.32. The van der Waals surface area contributed by atoms with Crippen LogP contribution in [0.25, 0.3) is 0 Å². The van der Waals surface area contributed by atoms with E-state index in [0.717, 1.165) is 19.5 Å². The first-order valence-electron chi connectivity index (χ1n) is 9.12. The lowest BCUT2D eigenvalue weighted by atomic mass is 9.90. The van der Waals surface area contributed by atoms with E-state index in [1.54, 1.807) is 30.3 Å². The second-order valence-corrected chi connectivity index (χ2v) is 9.68. The van der Waals surface area contributed by atoms with Gasteiger partial charge in [-0.3, -0.25) is 4.79 Å².